The molecule has 3 heterocycles. The molecule has 0 fully saturated rings. The highest BCUT2D eigenvalue weighted by atomic mass is 15.0. The summed E-state index contributed by atoms with van der Waals surface area (Å²) < 4.78 is 2.38. The number of para-hydroxylation sites is 1. The van der Waals surface area contributed by atoms with Gasteiger partial charge in [0.2, 0.25) is 0 Å². The number of pyridine rings is 1. The molecule has 0 N–H and O–H groups in total. The highest BCUT2D eigenvalue weighted by Gasteiger charge is 2.20. The maximum Gasteiger partial charge on any atom is 0.164 e. The van der Waals surface area contributed by atoms with Crippen LogP contribution in [0.3, 0.4) is 0 Å². The van der Waals surface area contributed by atoms with E-state index in [1.165, 1.54) is 16.2 Å². The van der Waals surface area contributed by atoms with E-state index < -0.39 is 0 Å². The minimum Gasteiger partial charge on any atom is -0.307 e. The third kappa shape index (κ3) is 5.94. The summed E-state index contributed by atoms with van der Waals surface area (Å²) in [7, 11) is 0. The van der Waals surface area contributed by atoms with Gasteiger partial charge in [0.25, 0.3) is 0 Å². The van der Waals surface area contributed by atoms with Gasteiger partial charge in [0.1, 0.15) is 0 Å². The molecule has 12 rings (SSSR count). The number of rotatable bonds is 6. The Labute approximate surface area is 351 Å². The van der Waals surface area contributed by atoms with Crippen molar-refractivity contribution in [2.45, 2.75) is 0 Å². The lowest BCUT2D eigenvalue weighted by molar-refractivity contribution is 1.07. The van der Waals surface area contributed by atoms with E-state index in [9.17, 15) is 0 Å². The van der Waals surface area contributed by atoms with Gasteiger partial charge in [0, 0.05) is 49.5 Å². The number of nitrogens with zero attached hydrogens (tertiary/aromatic N) is 5. The van der Waals surface area contributed by atoms with Crippen molar-refractivity contribution in [3.63, 3.8) is 0 Å². The molecule has 0 atom stereocenters. The lowest BCUT2D eigenvalue weighted by Crippen LogP contribution is -2.00. The molecule has 5 nitrogen and oxygen atoms in total. The summed E-state index contributed by atoms with van der Waals surface area (Å²) in [6.07, 6.45) is 0. The van der Waals surface area contributed by atoms with Gasteiger partial charge >= 0.3 is 0 Å². The third-order valence-electron chi connectivity index (χ3n) is 11.8. The SMILES string of the molecule is c1ccc(-c2nc(-c3ccc(-c4ccc5c(c4)c4ccc6c7ccccc7c(-c7ccccc7)nc6c4n5-c4ccccc4)cc3)nc(-c3ccc4ccccc4c3)n2)cc1. The predicted octanol–water partition coefficient (Wildman–Crippen LogP) is 14.2. The molecule has 0 unspecified atom stereocenters. The second-order valence-corrected chi connectivity index (χ2v) is 15.4. The molecule has 0 radical (unpaired) electrons. The molecule has 5 heteroatoms. The van der Waals surface area contributed by atoms with Crippen molar-refractivity contribution in [1.82, 2.24) is 24.5 Å². The molecule has 0 saturated carbocycles. The summed E-state index contributed by atoms with van der Waals surface area (Å²) in [6, 6.07) is 74.6. The molecular weight excluding hydrogens is 743 g/mol. The van der Waals surface area contributed by atoms with Gasteiger partial charge in [-0.2, -0.15) is 0 Å². The molecule has 0 bridgehead atoms. The number of hydrogen-bond donors (Lipinski definition) is 0. The molecule has 0 aliphatic heterocycles. The number of hydrogen-bond acceptors (Lipinski definition) is 4. The van der Waals surface area contributed by atoms with Crippen LogP contribution in [0.2, 0.25) is 0 Å². The fraction of sp³-hybridized carbons (Fsp3) is 0. The van der Waals surface area contributed by atoms with E-state index in [0.717, 1.165) is 82.9 Å². The fourth-order valence-electron chi connectivity index (χ4n) is 8.85. The molecule has 0 aliphatic carbocycles. The highest BCUT2D eigenvalue weighted by Crippen LogP contribution is 2.41. The molecule has 3 aromatic heterocycles. The fourth-order valence-corrected chi connectivity index (χ4v) is 8.85. The van der Waals surface area contributed by atoms with Gasteiger partial charge in [-0.1, -0.05) is 182 Å². The van der Waals surface area contributed by atoms with Crippen LogP contribution in [0.5, 0.6) is 0 Å². The van der Waals surface area contributed by atoms with E-state index in [1.807, 2.05) is 30.3 Å². The maximum atomic E-state index is 5.53. The lowest BCUT2D eigenvalue weighted by atomic mass is 9.98. The summed E-state index contributed by atoms with van der Waals surface area (Å²) in [5.41, 5.74) is 11.4. The molecule has 0 saturated heterocycles. The Morgan fingerprint density at radius 2 is 0.836 bits per heavy atom. The van der Waals surface area contributed by atoms with Gasteiger partial charge in [-0.05, 0) is 57.6 Å². The minimum atomic E-state index is 0.631. The predicted molar refractivity (Wildman–Crippen MR) is 252 cm³/mol. The molecule has 9 aromatic carbocycles. The molecule has 0 aliphatic rings. The van der Waals surface area contributed by atoms with Crippen molar-refractivity contribution in [2.75, 3.05) is 0 Å². The summed E-state index contributed by atoms with van der Waals surface area (Å²) in [5, 5.41) is 8.12. The molecule has 61 heavy (non-hydrogen) atoms. The van der Waals surface area contributed by atoms with Gasteiger partial charge in [-0.3, -0.25) is 0 Å². The molecule has 12 aromatic rings. The zero-order chi connectivity index (χ0) is 40.3. The normalized spacial score (nSPS) is 11.6. The van der Waals surface area contributed by atoms with Crippen LogP contribution in [0.25, 0.3) is 116 Å². The average molecular weight is 778 g/mol. The Morgan fingerprint density at radius 3 is 1.57 bits per heavy atom. The van der Waals surface area contributed by atoms with Gasteiger partial charge in [0.05, 0.1) is 22.2 Å². The van der Waals surface area contributed by atoms with E-state index >= 15 is 0 Å². The summed E-state index contributed by atoms with van der Waals surface area (Å²) in [6.45, 7) is 0. The Balaban J connectivity index is 1.01. The zero-order valence-corrected chi connectivity index (χ0v) is 32.9. The Morgan fingerprint density at radius 1 is 0.295 bits per heavy atom. The first-order valence-corrected chi connectivity index (χ1v) is 20.6. The number of benzene rings is 9. The Bertz CT molecular complexity index is 3620. The van der Waals surface area contributed by atoms with Crippen LogP contribution in [0.1, 0.15) is 0 Å². The lowest BCUT2D eigenvalue weighted by Gasteiger charge is -2.13. The van der Waals surface area contributed by atoms with E-state index in [1.54, 1.807) is 0 Å². The monoisotopic (exact) mass is 777 g/mol. The Kier molecular flexibility index (Phi) is 8.10. The van der Waals surface area contributed by atoms with Gasteiger partial charge in [0.15, 0.2) is 17.5 Å². The zero-order valence-electron chi connectivity index (χ0n) is 32.9. The van der Waals surface area contributed by atoms with Crippen LogP contribution in [-0.4, -0.2) is 24.5 Å². The summed E-state index contributed by atoms with van der Waals surface area (Å²) in [5.74, 6) is 1.92. The standard InChI is InChI=1S/C56H35N5/c1-4-15-38(16-5-1)51-46-23-13-12-22-45(46)47-31-32-48-49-35-42(30-33-50(49)61(53(48)52(47)57-51)44-20-8-3-9-21-44)37-24-27-40(28-25-37)55-58-54(39-17-6-2-7-18-39)59-56(60-55)43-29-26-36-14-10-11-19-41(36)34-43/h1-35H. The van der Waals surface area contributed by atoms with E-state index in [0.29, 0.717) is 17.5 Å². The second kappa shape index (κ2) is 14.2. The van der Waals surface area contributed by atoms with Crippen molar-refractivity contribution in [1.29, 1.82) is 0 Å². The van der Waals surface area contributed by atoms with E-state index in [4.69, 9.17) is 19.9 Å². The van der Waals surface area contributed by atoms with Crippen molar-refractivity contribution in [2.24, 2.45) is 0 Å². The molecule has 284 valence electrons. The van der Waals surface area contributed by atoms with Gasteiger partial charge in [-0.25, -0.2) is 19.9 Å². The van der Waals surface area contributed by atoms with Crippen molar-refractivity contribution >= 4 is 54.3 Å². The molecule has 0 amide bonds. The van der Waals surface area contributed by atoms with Crippen LogP contribution in [0, 0.1) is 0 Å². The van der Waals surface area contributed by atoms with Gasteiger partial charge < -0.3 is 4.57 Å². The highest BCUT2D eigenvalue weighted by molar-refractivity contribution is 6.23. The number of fused-ring (bicyclic) bond motifs is 8. The van der Waals surface area contributed by atoms with E-state index in [2.05, 4.69) is 187 Å². The van der Waals surface area contributed by atoms with Crippen molar-refractivity contribution < 1.29 is 0 Å². The molecular formula is C56H35N5. The van der Waals surface area contributed by atoms with Crippen LogP contribution in [-0.2, 0) is 0 Å². The molecule has 0 spiro atoms. The maximum absolute atomic E-state index is 5.53. The quantitative estimate of drug-likeness (QED) is 0.158. The summed E-state index contributed by atoms with van der Waals surface area (Å²) in [4.78, 5) is 20.6. The third-order valence-corrected chi connectivity index (χ3v) is 11.8. The van der Waals surface area contributed by atoms with Crippen LogP contribution < -0.4 is 0 Å². The number of aromatic nitrogens is 5. The minimum absolute atomic E-state index is 0.631. The van der Waals surface area contributed by atoms with Crippen molar-refractivity contribution in [3.8, 4) is 62.2 Å². The summed E-state index contributed by atoms with van der Waals surface area (Å²) >= 11 is 0. The first-order valence-electron chi connectivity index (χ1n) is 20.6. The second-order valence-electron chi connectivity index (χ2n) is 15.4. The van der Waals surface area contributed by atoms with Gasteiger partial charge in [-0.15, -0.1) is 0 Å². The van der Waals surface area contributed by atoms with Crippen molar-refractivity contribution in [3.05, 3.63) is 212 Å². The van der Waals surface area contributed by atoms with Crippen LogP contribution in [0.15, 0.2) is 212 Å². The largest absolute Gasteiger partial charge is 0.307 e. The first-order chi connectivity index (χ1) is 30.2. The van der Waals surface area contributed by atoms with Crippen LogP contribution >= 0.6 is 0 Å². The van der Waals surface area contributed by atoms with E-state index in [-0.39, 0.29) is 0 Å². The smallest absolute Gasteiger partial charge is 0.164 e. The Hall–Kier alpha value is -8.28. The topological polar surface area (TPSA) is 56.5 Å². The average Bonchev–Trinajstić information content (AvgIpc) is 3.68. The first kappa shape index (κ1) is 34.7. The van der Waals surface area contributed by atoms with Crippen LogP contribution in [0.4, 0.5) is 0 Å².